The molecule has 0 radical (unpaired) electrons. The molecule has 0 amide bonds. The predicted molar refractivity (Wildman–Crippen MR) is 79.5 cm³/mol. The molecule has 1 aromatic carbocycles. The van der Waals surface area contributed by atoms with Gasteiger partial charge in [-0.1, -0.05) is 43.7 Å². The van der Waals surface area contributed by atoms with Crippen LogP contribution in [0, 0.1) is 18.8 Å². The Morgan fingerprint density at radius 3 is 2.56 bits per heavy atom. The molecule has 1 nitrogen and oxygen atoms in total. The summed E-state index contributed by atoms with van der Waals surface area (Å²) in [5.74, 6) is 1.73. The summed E-state index contributed by atoms with van der Waals surface area (Å²) in [5.41, 5.74) is 3.49. The number of piperidine rings is 1. The van der Waals surface area contributed by atoms with Crippen LogP contribution in [-0.4, -0.2) is 24.5 Å². The molecule has 1 aromatic rings. The number of rotatable bonds is 3. The highest BCUT2D eigenvalue weighted by Crippen LogP contribution is 2.58. The summed E-state index contributed by atoms with van der Waals surface area (Å²) >= 11 is 0. The molecule has 2 fully saturated rings. The van der Waals surface area contributed by atoms with Crippen LogP contribution in [0.1, 0.15) is 31.4 Å². The zero-order valence-electron chi connectivity index (χ0n) is 11.6. The van der Waals surface area contributed by atoms with Crippen LogP contribution in [0.25, 0.3) is 0 Å². The van der Waals surface area contributed by atoms with Gasteiger partial charge in [-0.25, -0.2) is 0 Å². The van der Waals surface area contributed by atoms with Gasteiger partial charge in [0.05, 0.1) is 0 Å². The molecule has 0 aromatic heterocycles. The monoisotopic (exact) mass is 265 g/mol. The van der Waals surface area contributed by atoms with E-state index in [0.29, 0.717) is 5.41 Å². The standard InChI is InChI=1S/C16H23N.ClH/c1-12(2)9-17-10-15-8-16(15,11-17)14-6-4-13(3)5-7-14;/h4-7,12,15H,8-11H2,1-3H3;1H. The molecule has 3 rings (SSSR count). The first-order valence-corrected chi connectivity index (χ1v) is 6.90. The maximum atomic E-state index is 2.67. The van der Waals surface area contributed by atoms with Crippen molar-refractivity contribution >= 4 is 12.4 Å². The minimum absolute atomic E-state index is 0. The summed E-state index contributed by atoms with van der Waals surface area (Å²) in [4.78, 5) is 2.67. The van der Waals surface area contributed by atoms with Gasteiger partial charge < -0.3 is 4.90 Å². The lowest BCUT2D eigenvalue weighted by Gasteiger charge is -2.22. The van der Waals surface area contributed by atoms with Crippen molar-refractivity contribution in [1.82, 2.24) is 4.90 Å². The third-order valence-electron chi connectivity index (χ3n) is 4.47. The maximum absolute atomic E-state index is 2.67. The van der Waals surface area contributed by atoms with Crippen molar-refractivity contribution < 1.29 is 0 Å². The van der Waals surface area contributed by atoms with Gasteiger partial charge in [-0.15, -0.1) is 12.4 Å². The lowest BCUT2D eigenvalue weighted by molar-refractivity contribution is 0.265. The van der Waals surface area contributed by atoms with Crippen molar-refractivity contribution in [1.29, 1.82) is 0 Å². The fraction of sp³-hybridized carbons (Fsp3) is 0.625. The second-order valence-electron chi connectivity index (χ2n) is 6.51. The number of benzene rings is 1. The maximum Gasteiger partial charge on any atom is 0.0124 e. The van der Waals surface area contributed by atoms with E-state index in [2.05, 4.69) is 49.9 Å². The molecule has 1 aliphatic heterocycles. The van der Waals surface area contributed by atoms with Gasteiger partial charge in [0.1, 0.15) is 0 Å². The summed E-state index contributed by atoms with van der Waals surface area (Å²) in [6, 6.07) is 9.25. The number of aryl methyl sites for hydroxylation is 1. The summed E-state index contributed by atoms with van der Waals surface area (Å²) in [5, 5.41) is 0. The highest BCUT2D eigenvalue weighted by Gasteiger charge is 2.60. The summed E-state index contributed by atoms with van der Waals surface area (Å²) in [7, 11) is 0. The third kappa shape index (κ3) is 2.31. The molecule has 0 spiro atoms. The first kappa shape index (κ1) is 13.9. The number of fused-ring (bicyclic) bond motifs is 1. The lowest BCUT2D eigenvalue weighted by atomic mass is 9.94. The van der Waals surface area contributed by atoms with Crippen molar-refractivity contribution in [2.75, 3.05) is 19.6 Å². The number of nitrogens with zero attached hydrogens (tertiary/aromatic N) is 1. The molecule has 2 atom stereocenters. The van der Waals surface area contributed by atoms with Crippen LogP contribution < -0.4 is 0 Å². The zero-order valence-corrected chi connectivity index (χ0v) is 12.5. The van der Waals surface area contributed by atoms with E-state index in [4.69, 9.17) is 0 Å². The van der Waals surface area contributed by atoms with E-state index in [1.54, 1.807) is 5.56 Å². The molecule has 1 heterocycles. The molecular weight excluding hydrogens is 242 g/mol. The van der Waals surface area contributed by atoms with Gasteiger partial charge >= 0.3 is 0 Å². The van der Waals surface area contributed by atoms with Gasteiger partial charge in [-0.2, -0.15) is 0 Å². The Labute approximate surface area is 117 Å². The summed E-state index contributed by atoms with van der Waals surface area (Å²) in [6.07, 6.45) is 1.42. The molecular formula is C16H24ClN. The van der Waals surface area contributed by atoms with Crippen LogP contribution in [0.2, 0.25) is 0 Å². The van der Waals surface area contributed by atoms with Gasteiger partial charge in [0.15, 0.2) is 0 Å². The largest absolute Gasteiger partial charge is 0.302 e. The molecule has 1 saturated heterocycles. The van der Waals surface area contributed by atoms with E-state index in [-0.39, 0.29) is 12.4 Å². The van der Waals surface area contributed by atoms with E-state index in [0.717, 1.165) is 11.8 Å². The highest BCUT2D eigenvalue weighted by atomic mass is 35.5. The molecule has 18 heavy (non-hydrogen) atoms. The van der Waals surface area contributed by atoms with Crippen LogP contribution in [0.4, 0.5) is 0 Å². The number of hydrogen-bond donors (Lipinski definition) is 0. The third-order valence-corrected chi connectivity index (χ3v) is 4.47. The molecule has 2 unspecified atom stereocenters. The Hall–Kier alpha value is -0.530. The van der Waals surface area contributed by atoms with Crippen molar-refractivity contribution in [3.63, 3.8) is 0 Å². The minimum Gasteiger partial charge on any atom is -0.302 e. The summed E-state index contributed by atoms with van der Waals surface area (Å²) < 4.78 is 0. The second kappa shape index (κ2) is 4.86. The van der Waals surface area contributed by atoms with Crippen LogP contribution in [0.3, 0.4) is 0 Å². The number of halogens is 1. The van der Waals surface area contributed by atoms with Crippen LogP contribution in [0.5, 0.6) is 0 Å². The van der Waals surface area contributed by atoms with Gasteiger partial charge in [-0.05, 0) is 30.7 Å². The number of hydrogen-bond acceptors (Lipinski definition) is 1. The van der Waals surface area contributed by atoms with Crippen molar-refractivity contribution in [3.8, 4) is 0 Å². The average Bonchev–Trinajstić information content (AvgIpc) is 2.82. The normalized spacial score (nSPS) is 30.1. The van der Waals surface area contributed by atoms with Crippen LogP contribution in [0.15, 0.2) is 24.3 Å². The van der Waals surface area contributed by atoms with Crippen molar-refractivity contribution in [3.05, 3.63) is 35.4 Å². The van der Waals surface area contributed by atoms with Crippen LogP contribution >= 0.6 is 12.4 Å². The van der Waals surface area contributed by atoms with E-state index in [9.17, 15) is 0 Å². The van der Waals surface area contributed by atoms with E-state index in [1.165, 1.54) is 31.6 Å². The Balaban J connectivity index is 0.00000120. The fourth-order valence-corrected chi connectivity index (χ4v) is 3.57. The topological polar surface area (TPSA) is 3.24 Å². The van der Waals surface area contributed by atoms with Gasteiger partial charge in [-0.3, -0.25) is 0 Å². The Kier molecular flexibility index (Phi) is 3.75. The lowest BCUT2D eigenvalue weighted by Crippen LogP contribution is -2.29. The van der Waals surface area contributed by atoms with E-state index < -0.39 is 0 Å². The first-order chi connectivity index (χ1) is 8.10. The molecule has 0 N–H and O–H groups in total. The first-order valence-electron chi connectivity index (χ1n) is 6.90. The zero-order chi connectivity index (χ0) is 12.0. The SMILES string of the molecule is Cc1ccc(C23CC2CN(CC(C)C)C3)cc1.Cl. The average molecular weight is 266 g/mol. The van der Waals surface area contributed by atoms with Crippen molar-refractivity contribution in [2.45, 2.75) is 32.6 Å². The quantitative estimate of drug-likeness (QED) is 0.807. The Morgan fingerprint density at radius 1 is 1.28 bits per heavy atom. The molecule has 2 aliphatic rings. The Morgan fingerprint density at radius 2 is 1.94 bits per heavy atom. The second-order valence-corrected chi connectivity index (χ2v) is 6.51. The van der Waals surface area contributed by atoms with E-state index >= 15 is 0 Å². The molecule has 1 aliphatic carbocycles. The highest BCUT2D eigenvalue weighted by molar-refractivity contribution is 5.85. The van der Waals surface area contributed by atoms with Gasteiger partial charge in [0.2, 0.25) is 0 Å². The molecule has 0 bridgehead atoms. The minimum atomic E-state index is 0. The smallest absolute Gasteiger partial charge is 0.0124 e. The number of likely N-dealkylation sites (tertiary alicyclic amines) is 1. The van der Waals surface area contributed by atoms with Gasteiger partial charge in [0.25, 0.3) is 0 Å². The molecule has 1 saturated carbocycles. The molecule has 100 valence electrons. The van der Waals surface area contributed by atoms with Crippen LogP contribution in [-0.2, 0) is 5.41 Å². The van der Waals surface area contributed by atoms with E-state index in [1.807, 2.05) is 0 Å². The molecule has 2 heteroatoms. The fourth-order valence-electron chi connectivity index (χ4n) is 3.57. The summed E-state index contributed by atoms with van der Waals surface area (Å²) in [6.45, 7) is 10.7. The van der Waals surface area contributed by atoms with Crippen molar-refractivity contribution in [2.24, 2.45) is 11.8 Å². The van der Waals surface area contributed by atoms with Gasteiger partial charge in [0, 0.05) is 25.0 Å². The predicted octanol–water partition coefficient (Wildman–Crippen LogP) is 3.65. The Bertz CT molecular complexity index is 412.